The van der Waals surface area contributed by atoms with Crippen LogP contribution in [0, 0.1) is 5.82 Å². The Bertz CT molecular complexity index is 1570. The normalized spacial score (nSPS) is 16.0. The molecule has 2 heterocycles. The standard InChI is InChI=1S/C31H37F2N3O9/c1-43-12-13-45-26(39)10-9-25(38)34-15-20(37)7-8-23(32)18-4-3-11-35(16-18)28-24(33)14-21-27(30(28)44-2)36(19-5-6-19)17-22(29(21)40)31(41)42/h14,17,19H,3-13,15-16H2,1-2H3,(H,34,38)(H,41,42)/b23-18+. The molecule has 2 fully saturated rings. The first-order valence-corrected chi connectivity index (χ1v) is 14.8. The number of aromatic nitrogens is 1. The number of carbonyl (C=O) groups is 4. The molecule has 4 rings (SSSR count). The monoisotopic (exact) mass is 633 g/mol. The second-order valence-electron chi connectivity index (χ2n) is 11.0. The van der Waals surface area contributed by atoms with Crippen molar-refractivity contribution in [1.29, 1.82) is 0 Å². The molecule has 1 aliphatic carbocycles. The first-order chi connectivity index (χ1) is 21.5. The Balaban J connectivity index is 1.43. The highest BCUT2D eigenvalue weighted by molar-refractivity contribution is 5.97. The number of halogens is 2. The van der Waals surface area contributed by atoms with Crippen LogP contribution in [0.4, 0.5) is 14.5 Å². The second kappa shape index (κ2) is 15.1. The molecule has 244 valence electrons. The van der Waals surface area contributed by atoms with E-state index in [0.29, 0.717) is 30.5 Å². The topological polar surface area (TPSA) is 153 Å². The molecule has 1 amide bonds. The van der Waals surface area contributed by atoms with Crippen LogP contribution in [0.25, 0.3) is 10.9 Å². The molecule has 1 aromatic carbocycles. The fourth-order valence-electron chi connectivity index (χ4n) is 5.33. The number of benzene rings is 1. The molecule has 2 aliphatic rings. The van der Waals surface area contributed by atoms with Crippen molar-refractivity contribution in [3.05, 3.63) is 45.3 Å². The number of nitrogens with one attached hydrogen (secondary N) is 1. The third-order valence-electron chi connectivity index (χ3n) is 7.77. The van der Waals surface area contributed by atoms with Gasteiger partial charge in [-0.1, -0.05) is 0 Å². The van der Waals surface area contributed by atoms with Crippen molar-refractivity contribution in [3.63, 3.8) is 0 Å². The molecule has 14 heteroatoms. The number of pyridine rings is 1. The van der Waals surface area contributed by atoms with E-state index in [-0.39, 0.29) is 74.9 Å². The molecule has 0 bridgehead atoms. The minimum absolute atomic E-state index is 0.0247. The van der Waals surface area contributed by atoms with Gasteiger partial charge in [0.2, 0.25) is 11.3 Å². The van der Waals surface area contributed by atoms with Gasteiger partial charge in [0.25, 0.3) is 0 Å². The molecule has 0 unspecified atom stereocenters. The number of esters is 1. The third kappa shape index (κ3) is 8.24. The van der Waals surface area contributed by atoms with Gasteiger partial charge < -0.3 is 34.1 Å². The Labute approximate surface area is 257 Å². The zero-order chi connectivity index (χ0) is 32.7. The van der Waals surface area contributed by atoms with E-state index in [0.717, 1.165) is 18.9 Å². The summed E-state index contributed by atoms with van der Waals surface area (Å²) < 4.78 is 47.9. The summed E-state index contributed by atoms with van der Waals surface area (Å²) in [5.41, 5.74) is -0.537. The number of Topliss-reactive ketones (excluding diaryl/α,β-unsaturated/α-hetero) is 1. The lowest BCUT2D eigenvalue weighted by molar-refractivity contribution is -0.146. The van der Waals surface area contributed by atoms with Gasteiger partial charge in [-0.05, 0) is 37.3 Å². The van der Waals surface area contributed by atoms with Crippen molar-refractivity contribution in [1.82, 2.24) is 9.88 Å². The third-order valence-corrected chi connectivity index (χ3v) is 7.77. The lowest BCUT2D eigenvalue weighted by atomic mass is 10.00. The Morgan fingerprint density at radius 3 is 2.51 bits per heavy atom. The molecule has 2 N–H and O–H groups in total. The molecule has 45 heavy (non-hydrogen) atoms. The number of carbonyl (C=O) groups excluding carboxylic acids is 3. The largest absolute Gasteiger partial charge is 0.492 e. The number of hydrogen-bond acceptors (Lipinski definition) is 9. The highest BCUT2D eigenvalue weighted by Gasteiger charge is 2.32. The lowest BCUT2D eigenvalue weighted by Gasteiger charge is -2.33. The van der Waals surface area contributed by atoms with Crippen molar-refractivity contribution < 1.29 is 47.3 Å². The average Bonchev–Trinajstić information content (AvgIpc) is 3.87. The zero-order valence-corrected chi connectivity index (χ0v) is 25.3. The Morgan fingerprint density at radius 2 is 1.84 bits per heavy atom. The van der Waals surface area contributed by atoms with Crippen LogP contribution in [-0.2, 0) is 23.9 Å². The predicted octanol–water partition coefficient (Wildman–Crippen LogP) is 3.44. The summed E-state index contributed by atoms with van der Waals surface area (Å²) in [5, 5.41) is 11.9. The second-order valence-corrected chi connectivity index (χ2v) is 11.0. The number of piperidine rings is 1. The maximum absolute atomic E-state index is 15.7. The van der Waals surface area contributed by atoms with Gasteiger partial charge in [0.15, 0.2) is 17.3 Å². The maximum Gasteiger partial charge on any atom is 0.341 e. The number of amides is 1. The molecule has 12 nitrogen and oxygen atoms in total. The number of anilines is 1. The maximum atomic E-state index is 15.7. The van der Waals surface area contributed by atoms with Crippen molar-refractivity contribution in [2.24, 2.45) is 0 Å². The molecule has 1 saturated heterocycles. The number of carboxylic acid groups (broad SMARTS) is 1. The average molecular weight is 634 g/mol. The van der Waals surface area contributed by atoms with Gasteiger partial charge in [-0.15, -0.1) is 0 Å². The van der Waals surface area contributed by atoms with E-state index in [9.17, 15) is 29.1 Å². The van der Waals surface area contributed by atoms with Crippen LogP contribution < -0.4 is 20.4 Å². The van der Waals surface area contributed by atoms with E-state index in [1.54, 1.807) is 9.47 Å². The van der Waals surface area contributed by atoms with Gasteiger partial charge in [-0.25, -0.2) is 13.6 Å². The van der Waals surface area contributed by atoms with Gasteiger partial charge >= 0.3 is 11.9 Å². The van der Waals surface area contributed by atoms with Crippen LogP contribution in [0.15, 0.2) is 28.5 Å². The zero-order valence-electron chi connectivity index (χ0n) is 25.3. The van der Waals surface area contributed by atoms with Crippen LogP contribution in [0.1, 0.15) is 67.8 Å². The number of hydrogen-bond donors (Lipinski definition) is 2. The van der Waals surface area contributed by atoms with E-state index in [4.69, 9.17) is 14.2 Å². The minimum Gasteiger partial charge on any atom is -0.492 e. The van der Waals surface area contributed by atoms with Crippen LogP contribution in [-0.4, -0.2) is 80.4 Å². The van der Waals surface area contributed by atoms with E-state index in [1.807, 2.05) is 0 Å². The van der Waals surface area contributed by atoms with Crippen LogP contribution in [0.5, 0.6) is 5.75 Å². The van der Waals surface area contributed by atoms with E-state index < -0.39 is 46.3 Å². The summed E-state index contributed by atoms with van der Waals surface area (Å²) in [6.07, 6.45) is 3.04. The van der Waals surface area contributed by atoms with Crippen molar-refractivity contribution >= 4 is 40.2 Å². The first-order valence-electron chi connectivity index (χ1n) is 14.8. The van der Waals surface area contributed by atoms with E-state index in [1.165, 1.54) is 20.4 Å². The van der Waals surface area contributed by atoms with Crippen molar-refractivity contribution in [2.45, 2.75) is 57.4 Å². The van der Waals surface area contributed by atoms with Crippen molar-refractivity contribution in [2.75, 3.05) is 52.0 Å². The molecule has 1 aromatic heterocycles. The number of rotatable bonds is 15. The van der Waals surface area contributed by atoms with Crippen LogP contribution in [0.3, 0.4) is 0 Å². The summed E-state index contributed by atoms with van der Waals surface area (Å²) in [7, 11) is 2.80. The molecule has 1 aliphatic heterocycles. The Morgan fingerprint density at radius 1 is 1.09 bits per heavy atom. The van der Waals surface area contributed by atoms with Gasteiger partial charge in [-0.2, -0.15) is 0 Å². The molecular formula is C31H37F2N3O9. The van der Waals surface area contributed by atoms with Gasteiger partial charge in [-0.3, -0.25) is 19.2 Å². The smallest absolute Gasteiger partial charge is 0.341 e. The molecule has 0 spiro atoms. The predicted molar refractivity (Wildman–Crippen MR) is 159 cm³/mol. The van der Waals surface area contributed by atoms with Gasteiger partial charge in [0, 0.05) is 51.7 Å². The molecular weight excluding hydrogens is 596 g/mol. The Kier molecular flexibility index (Phi) is 11.3. The van der Waals surface area contributed by atoms with E-state index in [2.05, 4.69) is 5.32 Å². The first kappa shape index (κ1) is 33.6. The summed E-state index contributed by atoms with van der Waals surface area (Å²) >= 11 is 0. The summed E-state index contributed by atoms with van der Waals surface area (Å²) in [5.74, 6) is -4.09. The Hall–Kier alpha value is -4.33. The SMILES string of the molecule is COCCOC(=O)CCC(=O)NCC(=O)CC/C(F)=C1/CCCN(c2c(F)cc3c(=O)c(C(=O)O)cn(C4CC4)c3c2OC)C1. The number of ether oxygens (including phenoxy) is 3. The number of aromatic carboxylic acids is 1. The highest BCUT2D eigenvalue weighted by Crippen LogP contribution is 2.44. The number of fused-ring (bicyclic) bond motifs is 1. The highest BCUT2D eigenvalue weighted by atomic mass is 19.1. The molecule has 0 atom stereocenters. The van der Waals surface area contributed by atoms with Gasteiger partial charge in [0.05, 0.1) is 37.6 Å². The summed E-state index contributed by atoms with van der Waals surface area (Å²) in [6, 6.07) is 0.963. The number of nitrogens with zero attached hydrogens (tertiary/aromatic N) is 2. The lowest BCUT2D eigenvalue weighted by Crippen LogP contribution is -2.33. The number of methoxy groups -OCH3 is 2. The number of carboxylic acids is 1. The van der Waals surface area contributed by atoms with Crippen LogP contribution in [0.2, 0.25) is 0 Å². The quantitative estimate of drug-likeness (QED) is 0.220. The fourth-order valence-corrected chi connectivity index (χ4v) is 5.33. The van der Waals surface area contributed by atoms with Crippen LogP contribution >= 0.6 is 0 Å². The van der Waals surface area contributed by atoms with Gasteiger partial charge in [0.1, 0.15) is 23.7 Å². The number of ketones is 1. The van der Waals surface area contributed by atoms with E-state index >= 15 is 8.78 Å². The molecule has 0 radical (unpaired) electrons. The molecule has 2 aromatic rings. The fraction of sp³-hybridized carbons (Fsp3) is 0.516. The summed E-state index contributed by atoms with van der Waals surface area (Å²) in [4.78, 5) is 62.2. The van der Waals surface area contributed by atoms with Crippen molar-refractivity contribution in [3.8, 4) is 5.75 Å². The molecule has 1 saturated carbocycles. The number of allylic oxidation sites excluding steroid dienone is 1. The minimum atomic E-state index is -1.40. The summed E-state index contributed by atoms with van der Waals surface area (Å²) in [6.45, 7) is 0.416.